The molecule has 6 heteroatoms. The number of rotatable bonds is 7. The Morgan fingerprint density at radius 2 is 1.84 bits per heavy atom. The largest absolute Gasteiger partial charge is 0.489 e. The fourth-order valence-corrected chi connectivity index (χ4v) is 2.77. The quantitative estimate of drug-likeness (QED) is 0.690. The van der Waals surface area contributed by atoms with Crippen LogP contribution in [0.4, 0.5) is 0 Å². The number of nitrogens with one attached hydrogen (secondary N) is 1. The van der Waals surface area contributed by atoms with Crippen molar-refractivity contribution in [1.82, 2.24) is 5.32 Å². The van der Waals surface area contributed by atoms with Crippen molar-refractivity contribution in [3.63, 3.8) is 0 Å². The van der Waals surface area contributed by atoms with E-state index >= 15 is 0 Å². The summed E-state index contributed by atoms with van der Waals surface area (Å²) in [6, 6.07) is 15.1. The van der Waals surface area contributed by atoms with E-state index in [1.807, 2.05) is 55.5 Å². The molecular formula is C19H24BrClN2O2. The number of halogens is 2. The molecule has 0 aliphatic carbocycles. The third-order valence-corrected chi connectivity index (χ3v) is 4.55. The van der Waals surface area contributed by atoms with Crippen molar-refractivity contribution in [2.24, 2.45) is 5.73 Å². The molecule has 0 aliphatic heterocycles. The second-order valence-corrected chi connectivity index (χ2v) is 6.53. The molecule has 2 aromatic carbocycles. The molecule has 3 N–H and O–H groups in total. The Hall–Kier alpha value is -1.56. The first-order valence-corrected chi connectivity index (χ1v) is 8.83. The first-order valence-electron chi connectivity index (χ1n) is 8.04. The number of nitrogens with two attached hydrogens (primary N) is 1. The van der Waals surface area contributed by atoms with Crippen LogP contribution in [0.5, 0.6) is 5.75 Å². The molecule has 0 saturated carbocycles. The van der Waals surface area contributed by atoms with Crippen molar-refractivity contribution in [2.75, 3.05) is 0 Å². The first-order chi connectivity index (χ1) is 11.5. The Kier molecular flexibility index (Phi) is 8.97. The molecule has 0 aliphatic rings. The summed E-state index contributed by atoms with van der Waals surface area (Å²) in [6.07, 6.45) is 0.758. The topological polar surface area (TPSA) is 64.4 Å². The lowest BCUT2D eigenvalue weighted by Crippen LogP contribution is -2.40. The van der Waals surface area contributed by atoms with Gasteiger partial charge >= 0.3 is 0 Å². The Morgan fingerprint density at radius 3 is 2.48 bits per heavy atom. The van der Waals surface area contributed by atoms with Crippen molar-refractivity contribution in [2.45, 2.75) is 39.0 Å². The third-order valence-electron chi connectivity index (χ3n) is 3.77. The molecule has 2 aromatic rings. The van der Waals surface area contributed by atoms with E-state index in [4.69, 9.17) is 10.5 Å². The SMILES string of the molecule is CCC(NC(=O)[C@@H](C)N)c1ccccc1OCc1ccccc1Br.Cl. The second-order valence-electron chi connectivity index (χ2n) is 5.68. The van der Waals surface area contributed by atoms with Crippen molar-refractivity contribution in [3.8, 4) is 5.75 Å². The Balaban J connectivity index is 0.00000312. The monoisotopic (exact) mass is 426 g/mol. The lowest BCUT2D eigenvalue weighted by Gasteiger charge is -2.22. The molecule has 0 saturated heterocycles. The summed E-state index contributed by atoms with van der Waals surface area (Å²) in [5.41, 5.74) is 7.69. The Bertz CT molecular complexity index is 695. The van der Waals surface area contributed by atoms with Crippen LogP contribution < -0.4 is 15.8 Å². The molecule has 1 unspecified atom stereocenters. The van der Waals surface area contributed by atoms with E-state index in [2.05, 4.69) is 21.2 Å². The highest BCUT2D eigenvalue weighted by molar-refractivity contribution is 9.10. The fraction of sp³-hybridized carbons (Fsp3) is 0.316. The summed E-state index contributed by atoms with van der Waals surface area (Å²) < 4.78 is 7.03. The summed E-state index contributed by atoms with van der Waals surface area (Å²) in [5.74, 6) is 0.604. The van der Waals surface area contributed by atoms with E-state index in [1.54, 1.807) is 6.92 Å². The molecule has 2 atom stereocenters. The van der Waals surface area contributed by atoms with Crippen LogP contribution in [0.3, 0.4) is 0 Å². The van der Waals surface area contributed by atoms with Gasteiger partial charge < -0.3 is 15.8 Å². The summed E-state index contributed by atoms with van der Waals surface area (Å²) in [6.45, 7) is 4.16. The standard InChI is InChI=1S/C19H23BrN2O2.ClH/c1-3-17(22-19(23)13(2)21)15-9-5-7-11-18(15)24-12-14-8-4-6-10-16(14)20;/h4-11,13,17H,3,12,21H2,1-2H3,(H,22,23);1H/t13-,17?;/m1./s1. The molecule has 4 nitrogen and oxygen atoms in total. The number of benzene rings is 2. The minimum atomic E-state index is -0.535. The molecular weight excluding hydrogens is 404 g/mol. The highest BCUT2D eigenvalue weighted by atomic mass is 79.9. The van der Waals surface area contributed by atoms with E-state index < -0.39 is 6.04 Å². The van der Waals surface area contributed by atoms with Gasteiger partial charge in [-0.25, -0.2) is 0 Å². The number of amides is 1. The van der Waals surface area contributed by atoms with Crippen LogP contribution in [0.1, 0.15) is 37.4 Å². The number of para-hydroxylation sites is 1. The Morgan fingerprint density at radius 1 is 1.20 bits per heavy atom. The van der Waals surface area contributed by atoms with Gasteiger partial charge in [-0.1, -0.05) is 59.3 Å². The van der Waals surface area contributed by atoms with Crippen LogP contribution in [0.15, 0.2) is 53.0 Å². The molecule has 0 spiro atoms. The predicted octanol–water partition coefficient (Wildman–Crippen LogP) is 4.36. The number of hydrogen-bond acceptors (Lipinski definition) is 3. The normalized spacial score (nSPS) is 12.6. The van der Waals surface area contributed by atoms with E-state index in [0.717, 1.165) is 27.8 Å². The maximum atomic E-state index is 11.9. The molecule has 1 amide bonds. The van der Waals surface area contributed by atoms with Crippen LogP contribution in [0.25, 0.3) is 0 Å². The number of carbonyl (C=O) groups is 1. The van der Waals surface area contributed by atoms with E-state index in [9.17, 15) is 4.79 Å². The van der Waals surface area contributed by atoms with E-state index in [-0.39, 0.29) is 24.4 Å². The average Bonchev–Trinajstić information content (AvgIpc) is 2.59. The highest BCUT2D eigenvalue weighted by Crippen LogP contribution is 2.28. The van der Waals surface area contributed by atoms with Gasteiger partial charge in [0.25, 0.3) is 0 Å². The summed E-state index contributed by atoms with van der Waals surface area (Å²) in [7, 11) is 0. The minimum absolute atomic E-state index is 0. The fourth-order valence-electron chi connectivity index (χ4n) is 2.37. The molecule has 2 rings (SSSR count). The third kappa shape index (κ3) is 6.03. The van der Waals surface area contributed by atoms with Gasteiger partial charge in [-0.3, -0.25) is 4.79 Å². The van der Waals surface area contributed by atoms with Gasteiger partial charge in [-0.05, 0) is 25.5 Å². The zero-order valence-electron chi connectivity index (χ0n) is 14.4. The van der Waals surface area contributed by atoms with Crippen LogP contribution in [-0.2, 0) is 11.4 Å². The van der Waals surface area contributed by atoms with Gasteiger partial charge in [0.2, 0.25) is 5.91 Å². The van der Waals surface area contributed by atoms with E-state index in [1.165, 1.54) is 0 Å². The average molecular weight is 428 g/mol. The van der Waals surface area contributed by atoms with Crippen molar-refractivity contribution in [1.29, 1.82) is 0 Å². The van der Waals surface area contributed by atoms with Gasteiger partial charge in [0.15, 0.2) is 0 Å². The summed E-state index contributed by atoms with van der Waals surface area (Å²) in [4.78, 5) is 11.9. The van der Waals surface area contributed by atoms with E-state index in [0.29, 0.717) is 6.61 Å². The number of hydrogen-bond donors (Lipinski definition) is 2. The van der Waals surface area contributed by atoms with Crippen LogP contribution >= 0.6 is 28.3 Å². The molecule has 0 radical (unpaired) electrons. The lowest BCUT2D eigenvalue weighted by atomic mass is 10.0. The highest BCUT2D eigenvalue weighted by Gasteiger charge is 2.18. The van der Waals surface area contributed by atoms with Gasteiger partial charge in [-0.15, -0.1) is 12.4 Å². The molecule has 0 heterocycles. The van der Waals surface area contributed by atoms with Gasteiger partial charge in [0.1, 0.15) is 12.4 Å². The molecule has 0 aromatic heterocycles. The van der Waals surface area contributed by atoms with Crippen molar-refractivity contribution >= 4 is 34.2 Å². The van der Waals surface area contributed by atoms with Crippen LogP contribution in [0.2, 0.25) is 0 Å². The first kappa shape index (κ1) is 21.5. The van der Waals surface area contributed by atoms with Crippen LogP contribution in [-0.4, -0.2) is 11.9 Å². The molecule has 0 bridgehead atoms. The van der Waals surface area contributed by atoms with Crippen molar-refractivity contribution in [3.05, 3.63) is 64.1 Å². The number of ether oxygens (including phenoxy) is 1. The molecule has 25 heavy (non-hydrogen) atoms. The van der Waals surface area contributed by atoms with Gasteiger partial charge in [-0.2, -0.15) is 0 Å². The van der Waals surface area contributed by atoms with Crippen molar-refractivity contribution < 1.29 is 9.53 Å². The minimum Gasteiger partial charge on any atom is -0.489 e. The maximum Gasteiger partial charge on any atom is 0.237 e. The van der Waals surface area contributed by atoms with Gasteiger partial charge in [0, 0.05) is 15.6 Å². The Labute approximate surface area is 163 Å². The lowest BCUT2D eigenvalue weighted by molar-refractivity contribution is -0.122. The molecule has 0 fully saturated rings. The summed E-state index contributed by atoms with van der Waals surface area (Å²) in [5, 5.41) is 2.98. The second kappa shape index (κ2) is 10.4. The zero-order valence-corrected chi connectivity index (χ0v) is 16.8. The maximum absolute atomic E-state index is 11.9. The number of carbonyl (C=O) groups excluding carboxylic acids is 1. The molecule has 136 valence electrons. The smallest absolute Gasteiger partial charge is 0.237 e. The summed E-state index contributed by atoms with van der Waals surface area (Å²) >= 11 is 3.53. The zero-order chi connectivity index (χ0) is 17.5. The van der Waals surface area contributed by atoms with Gasteiger partial charge in [0.05, 0.1) is 12.1 Å². The predicted molar refractivity (Wildman–Crippen MR) is 107 cm³/mol. The van der Waals surface area contributed by atoms with Crippen LogP contribution in [0, 0.1) is 0 Å².